The first kappa shape index (κ1) is 11.8. The topological polar surface area (TPSA) is 67.1 Å². The van der Waals surface area contributed by atoms with Crippen LogP contribution in [0.3, 0.4) is 0 Å². The van der Waals surface area contributed by atoms with Crippen molar-refractivity contribution in [1.29, 1.82) is 5.26 Å². The van der Waals surface area contributed by atoms with Crippen molar-refractivity contribution >= 4 is 23.3 Å². The lowest BCUT2D eigenvalue weighted by atomic mass is 10.1. The summed E-state index contributed by atoms with van der Waals surface area (Å²) in [5.41, 5.74) is 2.05. The molecule has 1 N–H and O–H groups in total. The molecule has 3 rings (SSSR count). The molecule has 1 heterocycles. The molecule has 0 radical (unpaired) electrons. The predicted molar refractivity (Wildman–Crippen MR) is 72.9 cm³/mol. The van der Waals surface area contributed by atoms with E-state index in [1.54, 1.807) is 30.3 Å². The van der Waals surface area contributed by atoms with Crippen LogP contribution in [0.1, 0.15) is 16.7 Å². The maximum absolute atomic E-state index is 12.6. The van der Waals surface area contributed by atoms with Crippen molar-refractivity contribution in [2.75, 3.05) is 0 Å². The molecule has 1 aliphatic heterocycles. The van der Waals surface area contributed by atoms with E-state index in [2.05, 4.69) is 6.07 Å². The minimum atomic E-state index is -1.35. The molecule has 92 valence electrons. The Morgan fingerprint density at radius 3 is 2.58 bits per heavy atom. The summed E-state index contributed by atoms with van der Waals surface area (Å²) in [6.07, 6.45) is 3.67. The SMILES string of the molecule is N#Cc1ccc2c(c1)[S+]([O-])c1ccc(O)cc1C=C2. The van der Waals surface area contributed by atoms with Gasteiger partial charge in [0.2, 0.25) is 0 Å². The Hall–Kier alpha value is -2.22. The van der Waals surface area contributed by atoms with Gasteiger partial charge in [-0.2, -0.15) is 5.26 Å². The first-order chi connectivity index (χ1) is 9.19. The van der Waals surface area contributed by atoms with Gasteiger partial charge in [0.25, 0.3) is 0 Å². The molecule has 0 bridgehead atoms. The van der Waals surface area contributed by atoms with Crippen LogP contribution >= 0.6 is 0 Å². The van der Waals surface area contributed by atoms with E-state index < -0.39 is 11.2 Å². The highest BCUT2D eigenvalue weighted by molar-refractivity contribution is 7.91. The molecule has 2 aromatic rings. The first-order valence-electron chi connectivity index (χ1n) is 5.66. The lowest BCUT2D eigenvalue weighted by molar-refractivity contribution is 0.474. The van der Waals surface area contributed by atoms with Crippen LogP contribution in [0.25, 0.3) is 12.2 Å². The maximum Gasteiger partial charge on any atom is 0.167 e. The molecule has 0 amide bonds. The van der Waals surface area contributed by atoms with E-state index in [1.807, 2.05) is 12.2 Å². The molecular formula is C15H9NO2S. The molecule has 19 heavy (non-hydrogen) atoms. The van der Waals surface area contributed by atoms with Gasteiger partial charge in [0, 0.05) is 28.4 Å². The van der Waals surface area contributed by atoms with Crippen LogP contribution in [0, 0.1) is 11.3 Å². The van der Waals surface area contributed by atoms with E-state index in [9.17, 15) is 9.66 Å². The highest BCUT2D eigenvalue weighted by atomic mass is 32.2. The third-order valence-electron chi connectivity index (χ3n) is 2.98. The fraction of sp³-hybridized carbons (Fsp3) is 0. The van der Waals surface area contributed by atoms with Crippen LogP contribution < -0.4 is 0 Å². The van der Waals surface area contributed by atoms with Crippen LogP contribution in [0.15, 0.2) is 46.2 Å². The molecule has 0 aliphatic carbocycles. The lowest BCUT2D eigenvalue weighted by Gasteiger charge is -2.12. The molecule has 0 spiro atoms. The van der Waals surface area contributed by atoms with Gasteiger partial charge >= 0.3 is 0 Å². The Morgan fingerprint density at radius 1 is 1.00 bits per heavy atom. The van der Waals surface area contributed by atoms with Crippen molar-refractivity contribution in [3.05, 3.63) is 53.1 Å². The maximum atomic E-state index is 12.6. The van der Waals surface area contributed by atoms with Gasteiger partial charge in [0.1, 0.15) is 5.75 Å². The number of phenols is 1. The van der Waals surface area contributed by atoms with Gasteiger partial charge in [-0.3, -0.25) is 0 Å². The van der Waals surface area contributed by atoms with Crippen molar-refractivity contribution in [2.24, 2.45) is 0 Å². The number of rotatable bonds is 0. The van der Waals surface area contributed by atoms with E-state index in [4.69, 9.17) is 5.26 Å². The molecular weight excluding hydrogens is 258 g/mol. The third-order valence-corrected chi connectivity index (χ3v) is 4.50. The number of hydrogen-bond acceptors (Lipinski definition) is 3. The molecule has 0 saturated heterocycles. The molecule has 0 saturated carbocycles. The molecule has 2 aromatic carbocycles. The molecule has 1 unspecified atom stereocenters. The van der Waals surface area contributed by atoms with E-state index in [-0.39, 0.29) is 5.75 Å². The Morgan fingerprint density at radius 2 is 1.79 bits per heavy atom. The van der Waals surface area contributed by atoms with Crippen molar-refractivity contribution in [1.82, 2.24) is 0 Å². The molecule has 3 nitrogen and oxygen atoms in total. The summed E-state index contributed by atoms with van der Waals surface area (Å²) in [5.74, 6) is 0.143. The highest BCUT2D eigenvalue weighted by Crippen LogP contribution is 2.34. The summed E-state index contributed by atoms with van der Waals surface area (Å²) in [7, 11) is 0. The Bertz CT molecular complexity index is 731. The van der Waals surface area contributed by atoms with Crippen LogP contribution in [-0.4, -0.2) is 9.66 Å². The zero-order valence-electron chi connectivity index (χ0n) is 9.83. The second-order valence-electron chi connectivity index (χ2n) is 4.19. The monoisotopic (exact) mass is 267 g/mol. The normalized spacial score (nSPS) is 16.1. The van der Waals surface area contributed by atoms with E-state index in [0.29, 0.717) is 15.4 Å². The number of nitrogens with zero attached hydrogens (tertiary/aromatic N) is 1. The number of hydrogen-bond donors (Lipinski definition) is 1. The van der Waals surface area contributed by atoms with Gasteiger partial charge < -0.3 is 9.66 Å². The fourth-order valence-corrected chi connectivity index (χ4v) is 3.39. The van der Waals surface area contributed by atoms with Crippen LogP contribution in [-0.2, 0) is 11.2 Å². The number of benzene rings is 2. The van der Waals surface area contributed by atoms with E-state index in [0.717, 1.165) is 11.1 Å². The molecule has 0 aromatic heterocycles. The molecule has 1 aliphatic rings. The van der Waals surface area contributed by atoms with Crippen molar-refractivity contribution in [2.45, 2.75) is 9.79 Å². The quantitative estimate of drug-likeness (QED) is 0.746. The Labute approximate surface area is 113 Å². The molecule has 1 atom stereocenters. The zero-order chi connectivity index (χ0) is 13.4. The first-order valence-corrected chi connectivity index (χ1v) is 6.81. The number of nitriles is 1. The Kier molecular flexibility index (Phi) is 2.79. The van der Waals surface area contributed by atoms with Gasteiger partial charge in [-0.15, -0.1) is 0 Å². The van der Waals surface area contributed by atoms with Crippen LogP contribution in [0.5, 0.6) is 5.75 Å². The lowest BCUT2D eigenvalue weighted by Crippen LogP contribution is -2.05. The van der Waals surface area contributed by atoms with Gasteiger partial charge in [-0.25, -0.2) is 0 Å². The van der Waals surface area contributed by atoms with Crippen LogP contribution in [0.2, 0.25) is 0 Å². The Balaban J connectivity index is 2.23. The van der Waals surface area contributed by atoms with Gasteiger partial charge in [-0.05, 0) is 42.5 Å². The average molecular weight is 267 g/mol. The van der Waals surface area contributed by atoms with E-state index in [1.165, 1.54) is 6.07 Å². The molecule has 0 fully saturated rings. The minimum Gasteiger partial charge on any atom is -0.606 e. The zero-order valence-corrected chi connectivity index (χ0v) is 10.6. The summed E-state index contributed by atoms with van der Waals surface area (Å²) >= 11 is -1.35. The largest absolute Gasteiger partial charge is 0.606 e. The second-order valence-corrected chi connectivity index (χ2v) is 5.61. The summed E-state index contributed by atoms with van der Waals surface area (Å²) in [6, 6.07) is 11.9. The van der Waals surface area contributed by atoms with Gasteiger partial charge in [0.05, 0.1) is 11.6 Å². The summed E-state index contributed by atoms with van der Waals surface area (Å²) < 4.78 is 12.6. The standard InChI is InChI=1S/C15H9NO2S/c16-9-10-1-2-11-3-4-12-8-13(17)5-6-14(12)19(18)15(11)7-10/h1-8,17H. The highest BCUT2D eigenvalue weighted by Gasteiger charge is 2.24. The number of phenolic OH excluding ortho intramolecular Hbond substituents is 1. The minimum absolute atomic E-state index is 0.143. The van der Waals surface area contributed by atoms with Crippen molar-refractivity contribution < 1.29 is 9.66 Å². The fourth-order valence-electron chi connectivity index (χ4n) is 2.04. The number of aromatic hydroxyl groups is 1. The third kappa shape index (κ3) is 1.99. The summed E-state index contributed by atoms with van der Waals surface area (Å²) in [5, 5.41) is 18.4. The number of fused-ring (bicyclic) bond motifs is 2. The summed E-state index contributed by atoms with van der Waals surface area (Å²) in [6.45, 7) is 0. The second kappa shape index (κ2) is 4.47. The van der Waals surface area contributed by atoms with Crippen molar-refractivity contribution in [3.8, 4) is 11.8 Å². The van der Waals surface area contributed by atoms with Gasteiger partial charge in [-0.1, -0.05) is 0 Å². The summed E-state index contributed by atoms with van der Waals surface area (Å²) in [4.78, 5) is 1.27. The van der Waals surface area contributed by atoms with Crippen molar-refractivity contribution in [3.63, 3.8) is 0 Å². The smallest absolute Gasteiger partial charge is 0.167 e. The predicted octanol–water partition coefficient (Wildman–Crippen LogP) is 2.91. The van der Waals surface area contributed by atoms with Crippen LogP contribution in [0.4, 0.5) is 0 Å². The molecule has 4 heteroatoms. The van der Waals surface area contributed by atoms with Gasteiger partial charge in [0.15, 0.2) is 9.79 Å². The van der Waals surface area contributed by atoms with E-state index >= 15 is 0 Å². The average Bonchev–Trinajstić information content (AvgIpc) is 2.56.